The monoisotopic (exact) mass is 425 g/mol. The number of carbonyl (C=O) groups is 1. The van der Waals surface area contributed by atoms with Gasteiger partial charge in [0.1, 0.15) is 5.75 Å². The third-order valence-corrected chi connectivity index (χ3v) is 7.10. The standard InChI is InChI=1S/C27H27N3O2/c1-27-16-24(23-11-4-5-12-25(23)32-27)28-18-30(27)22-10-6-9-20(15-22)26(31)29-14-13-19-7-2-3-8-21(19)17-29/h2-12,15,24,28H,13-14,16-18H2,1H3. The van der Waals surface area contributed by atoms with Crippen LogP contribution in [-0.2, 0) is 13.0 Å². The number of hydrogen-bond donors (Lipinski definition) is 1. The normalized spacial score (nSPS) is 23.7. The molecule has 2 unspecified atom stereocenters. The van der Waals surface area contributed by atoms with Gasteiger partial charge in [0.05, 0.1) is 6.67 Å². The van der Waals surface area contributed by atoms with Gasteiger partial charge in [0.2, 0.25) is 0 Å². The predicted molar refractivity (Wildman–Crippen MR) is 125 cm³/mol. The first kappa shape index (κ1) is 19.4. The van der Waals surface area contributed by atoms with Gasteiger partial charge >= 0.3 is 0 Å². The lowest BCUT2D eigenvalue weighted by Crippen LogP contribution is -2.62. The third-order valence-electron chi connectivity index (χ3n) is 7.10. The van der Waals surface area contributed by atoms with E-state index in [1.54, 1.807) is 0 Å². The summed E-state index contributed by atoms with van der Waals surface area (Å²) in [7, 11) is 0. The Morgan fingerprint density at radius 1 is 1.03 bits per heavy atom. The Morgan fingerprint density at radius 2 is 1.84 bits per heavy atom. The SMILES string of the molecule is CC12CC(NCN1c1cccc(C(=O)N3CCc4ccccc4C3)c1)c1ccccc1O2. The van der Waals surface area contributed by atoms with Crippen LogP contribution in [0.1, 0.15) is 46.4 Å². The Bertz CT molecular complexity index is 1190. The van der Waals surface area contributed by atoms with Gasteiger partial charge < -0.3 is 14.5 Å². The van der Waals surface area contributed by atoms with Crippen LogP contribution in [0.5, 0.6) is 5.75 Å². The molecule has 0 saturated carbocycles. The summed E-state index contributed by atoms with van der Waals surface area (Å²) in [4.78, 5) is 17.6. The van der Waals surface area contributed by atoms with E-state index in [-0.39, 0.29) is 11.9 Å². The van der Waals surface area contributed by atoms with Gasteiger partial charge in [-0.3, -0.25) is 10.1 Å². The molecular formula is C27H27N3O2. The fraction of sp³-hybridized carbons (Fsp3) is 0.296. The molecule has 3 heterocycles. The number of ether oxygens (including phenoxy) is 1. The smallest absolute Gasteiger partial charge is 0.254 e. The van der Waals surface area contributed by atoms with Crippen LogP contribution in [0.4, 0.5) is 5.69 Å². The number of anilines is 1. The number of fused-ring (bicyclic) bond motifs is 5. The van der Waals surface area contributed by atoms with Crippen molar-refractivity contribution in [1.82, 2.24) is 10.2 Å². The van der Waals surface area contributed by atoms with Crippen LogP contribution in [-0.4, -0.2) is 29.7 Å². The predicted octanol–water partition coefficient (Wildman–Crippen LogP) is 4.49. The van der Waals surface area contributed by atoms with Gasteiger partial charge in [-0.2, -0.15) is 0 Å². The fourth-order valence-electron chi connectivity index (χ4n) is 5.37. The number of hydrogen-bond acceptors (Lipinski definition) is 4. The highest BCUT2D eigenvalue weighted by atomic mass is 16.5. The molecule has 3 aliphatic heterocycles. The molecule has 0 aliphatic carbocycles. The second-order valence-electron chi connectivity index (χ2n) is 9.16. The molecule has 5 nitrogen and oxygen atoms in total. The molecule has 2 bridgehead atoms. The Kier molecular flexibility index (Phi) is 4.47. The van der Waals surface area contributed by atoms with Gasteiger partial charge in [-0.15, -0.1) is 0 Å². The molecule has 0 spiro atoms. The lowest BCUT2D eigenvalue weighted by molar-refractivity contribution is 0.0215. The highest BCUT2D eigenvalue weighted by molar-refractivity contribution is 5.95. The topological polar surface area (TPSA) is 44.8 Å². The fourth-order valence-corrected chi connectivity index (χ4v) is 5.37. The first-order valence-corrected chi connectivity index (χ1v) is 11.4. The van der Waals surface area contributed by atoms with E-state index in [0.717, 1.165) is 36.4 Å². The Labute approximate surface area is 188 Å². The molecule has 0 aromatic heterocycles. The van der Waals surface area contributed by atoms with Crippen LogP contribution in [0.3, 0.4) is 0 Å². The molecule has 32 heavy (non-hydrogen) atoms. The molecule has 1 saturated heterocycles. The third kappa shape index (κ3) is 3.16. The number of rotatable bonds is 2. The van der Waals surface area contributed by atoms with Gasteiger partial charge in [-0.25, -0.2) is 0 Å². The summed E-state index contributed by atoms with van der Waals surface area (Å²) in [6.45, 7) is 4.24. The van der Waals surface area contributed by atoms with E-state index >= 15 is 0 Å². The minimum absolute atomic E-state index is 0.0873. The van der Waals surface area contributed by atoms with Gasteiger partial charge in [0.25, 0.3) is 5.91 Å². The number of nitrogens with zero attached hydrogens (tertiary/aromatic N) is 2. The van der Waals surface area contributed by atoms with Crippen molar-refractivity contribution in [3.63, 3.8) is 0 Å². The quantitative estimate of drug-likeness (QED) is 0.657. The largest absolute Gasteiger partial charge is 0.468 e. The van der Waals surface area contributed by atoms with Gasteiger partial charge in [0.15, 0.2) is 5.72 Å². The first-order chi connectivity index (χ1) is 15.6. The second-order valence-corrected chi connectivity index (χ2v) is 9.16. The Morgan fingerprint density at radius 3 is 2.75 bits per heavy atom. The zero-order valence-corrected chi connectivity index (χ0v) is 18.3. The molecule has 5 heteroatoms. The highest BCUT2D eigenvalue weighted by Gasteiger charge is 2.45. The molecule has 1 N–H and O–H groups in total. The molecule has 2 atom stereocenters. The summed E-state index contributed by atoms with van der Waals surface area (Å²) < 4.78 is 6.50. The number of amides is 1. The van der Waals surface area contributed by atoms with Crippen molar-refractivity contribution in [2.24, 2.45) is 0 Å². The summed E-state index contributed by atoms with van der Waals surface area (Å²) in [6.07, 6.45) is 1.76. The minimum Gasteiger partial charge on any atom is -0.468 e. The number of para-hydroxylation sites is 1. The van der Waals surface area contributed by atoms with Crippen LogP contribution in [0.2, 0.25) is 0 Å². The van der Waals surface area contributed by atoms with E-state index in [9.17, 15) is 4.79 Å². The average Bonchev–Trinajstić information content (AvgIpc) is 2.83. The molecule has 162 valence electrons. The summed E-state index contributed by atoms with van der Waals surface area (Å²) in [5, 5.41) is 3.65. The molecular weight excluding hydrogens is 398 g/mol. The van der Waals surface area contributed by atoms with E-state index in [1.165, 1.54) is 16.7 Å². The lowest BCUT2D eigenvalue weighted by atomic mass is 9.90. The van der Waals surface area contributed by atoms with Crippen LogP contribution >= 0.6 is 0 Å². The summed E-state index contributed by atoms with van der Waals surface area (Å²) in [6, 6.07) is 24.9. The van der Waals surface area contributed by atoms with Crippen LogP contribution in [0.15, 0.2) is 72.8 Å². The van der Waals surface area contributed by atoms with Crippen LogP contribution in [0.25, 0.3) is 0 Å². The molecule has 0 radical (unpaired) electrons. The van der Waals surface area contributed by atoms with E-state index < -0.39 is 5.72 Å². The Balaban J connectivity index is 1.27. The van der Waals surface area contributed by atoms with Gasteiger partial charge in [0, 0.05) is 42.4 Å². The van der Waals surface area contributed by atoms with Crippen molar-refractivity contribution < 1.29 is 9.53 Å². The molecule has 1 fully saturated rings. The van der Waals surface area contributed by atoms with Gasteiger partial charge in [-0.05, 0) is 48.7 Å². The van der Waals surface area contributed by atoms with Crippen molar-refractivity contribution in [1.29, 1.82) is 0 Å². The van der Waals surface area contributed by atoms with Crippen molar-refractivity contribution in [3.05, 3.63) is 95.1 Å². The number of carbonyl (C=O) groups excluding carboxylic acids is 1. The van der Waals surface area contributed by atoms with Crippen molar-refractivity contribution >= 4 is 11.6 Å². The van der Waals surface area contributed by atoms with E-state index in [2.05, 4.69) is 53.5 Å². The molecule has 3 aromatic carbocycles. The van der Waals surface area contributed by atoms with Crippen LogP contribution in [0, 0.1) is 0 Å². The lowest BCUT2D eigenvalue weighted by Gasteiger charge is -2.52. The molecule has 3 aliphatic rings. The first-order valence-electron chi connectivity index (χ1n) is 11.4. The zero-order chi connectivity index (χ0) is 21.7. The maximum atomic E-state index is 13.4. The van der Waals surface area contributed by atoms with Crippen molar-refractivity contribution in [3.8, 4) is 5.75 Å². The van der Waals surface area contributed by atoms with E-state index in [0.29, 0.717) is 13.2 Å². The average molecular weight is 426 g/mol. The zero-order valence-electron chi connectivity index (χ0n) is 18.3. The molecule has 6 rings (SSSR count). The molecule has 3 aromatic rings. The highest BCUT2D eigenvalue weighted by Crippen LogP contribution is 2.44. The summed E-state index contributed by atoms with van der Waals surface area (Å²) in [5.74, 6) is 1.02. The maximum Gasteiger partial charge on any atom is 0.254 e. The molecule has 1 amide bonds. The second kappa shape index (κ2) is 7.38. The van der Waals surface area contributed by atoms with Crippen molar-refractivity contribution in [2.75, 3.05) is 18.1 Å². The minimum atomic E-state index is -0.462. The Hall–Kier alpha value is -3.31. The summed E-state index contributed by atoms with van der Waals surface area (Å²) in [5.41, 5.74) is 5.08. The maximum absolute atomic E-state index is 13.4. The number of nitrogens with one attached hydrogen (secondary N) is 1. The van der Waals surface area contributed by atoms with Crippen LogP contribution < -0.4 is 15.0 Å². The summed E-state index contributed by atoms with van der Waals surface area (Å²) >= 11 is 0. The van der Waals surface area contributed by atoms with E-state index in [4.69, 9.17) is 4.74 Å². The number of benzene rings is 3. The van der Waals surface area contributed by atoms with E-state index in [1.807, 2.05) is 41.3 Å². The van der Waals surface area contributed by atoms with Gasteiger partial charge in [-0.1, -0.05) is 48.5 Å². The van der Waals surface area contributed by atoms with Crippen molar-refractivity contribution in [2.45, 2.75) is 38.1 Å².